The van der Waals surface area contributed by atoms with Crippen molar-refractivity contribution in [3.63, 3.8) is 0 Å². The Morgan fingerprint density at radius 3 is 2.84 bits per heavy atom. The van der Waals surface area contributed by atoms with Crippen LogP contribution >= 0.6 is 0 Å². The van der Waals surface area contributed by atoms with Gasteiger partial charge in [0.15, 0.2) is 18.2 Å². The molecule has 0 bridgehead atoms. The minimum absolute atomic E-state index is 0.0589. The molecule has 0 unspecified atom stereocenters. The Bertz CT molecular complexity index is 600. The first-order valence-electron chi connectivity index (χ1n) is 5.15. The number of halogens is 2. The molecule has 100 valence electrons. The van der Waals surface area contributed by atoms with Crippen LogP contribution in [0.2, 0.25) is 0 Å². The summed E-state index contributed by atoms with van der Waals surface area (Å²) in [4.78, 5) is 14.1. The monoisotopic (exact) mass is 270 g/mol. The van der Waals surface area contributed by atoms with Gasteiger partial charge in [-0.05, 0) is 12.1 Å². The van der Waals surface area contributed by atoms with Crippen LogP contribution in [0.1, 0.15) is 11.7 Å². The van der Waals surface area contributed by atoms with Gasteiger partial charge < -0.3 is 14.4 Å². The van der Waals surface area contributed by atoms with Crippen molar-refractivity contribution in [2.24, 2.45) is 0 Å². The summed E-state index contributed by atoms with van der Waals surface area (Å²) in [6.07, 6.45) is -0.391. The van der Waals surface area contributed by atoms with Gasteiger partial charge in [0.25, 0.3) is 0 Å². The van der Waals surface area contributed by atoms with E-state index in [-0.39, 0.29) is 24.1 Å². The Kier molecular flexibility index (Phi) is 3.69. The van der Waals surface area contributed by atoms with Crippen LogP contribution < -0.4 is 4.74 Å². The average molecular weight is 270 g/mol. The zero-order valence-electron chi connectivity index (χ0n) is 9.47. The fourth-order valence-corrected chi connectivity index (χ4v) is 1.26. The fourth-order valence-electron chi connectivity index (χ4n) is 1.26. The molecule has 8 heteroatoms. The quantitative estimate of drug-likeness (QED) is 0.887. The van der Waals surface area contributed by atoms with Crippen LogP contribution in [0, 0.1) is 11.6 Å². The van der Waals surface area contributed by atoms with Gasteiger partial charge in [0.05, 0.1) is 0 Å². The first-order chi connectivity index (χ1) is 9.04. The maximum Gasteiger partial charge on any atom is 0.312 e. The summed E-state index contributed by atoms with van der Waals surface area (Å²) in [6, 6.07) is 3.06. The number of benzene rings is 1. The first-order valence-corrected chi connectivity index (χ1v) is 5.15. The number of hydrogen-bond acceptors (Lipinski definition) is 5. The Hall–Kier alpha value is -2.51. The molecule has 2 rings (SSSR count). The fraction of sp³-hybridized carbons (Fsp3) is 0.182. The normalized spacial score (nSPS) is 10.4. The molecule has 0 radical (unpaired) electrons. The number of carboxylic acid groups (broad SMARTS) is 1. The van der Waals surface area contributed by atoms with E-state index < -0.39 is 24.0 Å². The molecule has 0 saturated carbocycles. The lowest BCUT2D eigenvalue weighted by molar-refractivity contribution is -0.136. The van der Waals surface area contributed by atoms with Gasteiger partial charge in [-0.1, -0.05) is 5.16 Å². The maximum atomic E-state index is 12.9. The van der Waals surface area contributed by atoms with Crippen molar-refractivity contribution >= 4 is 5.97 Å². The van der Waals surface area contributed by atoms with E-state index in [9.17, 15) is 13.6 Å². The molecule has 1 aromatic heterocycles. The minimum atomic E-state index is -1.10. The van der Waals surface area contributed by atoms with Crippen molar-refractivity contribution in [1.29, 1.82) is 0 Å². The molecule has 0 fully saturated rings. The standard InChI is InChI=1S/C11H8F2N2O4/c12-7-2-1-6(3-8(7)13)18-5-9-14-10(19-15-9)4-11(16)17/h1-3H,4-5H2,(H,16,17). The van der Waals surface area contributed by atoms with E-state index in [2.05, 4.69) is 14.7 Å². The third-order valence-corrected chi connectivity index (χ3v) is 2.07. The number of carboxylic acids is 1. The van der Waals surface area contributed by atoms with Gasteiger partial charge in [0.2, 0.25) is 11.7 Å². The van der Waals surface area contributed by atoms with Gasteiger partial charge >= 0.3 is 5.97 Å². The van der Waals surface area contributed by atoms with Crippen LogP contribution in [-0.4, -0.2) is 21.2 Å². The smallest absolute Gasteiger partial charge is 0.312 e. The van der Waals surface area contributed by atoms with Gasteiger partial charge in [-0.2, -0.15) is 4.98 Å². The van der Waals surface area contributed by atoms with E-state index in [1.165, 1.54) is 6.07 Å². The molecule has 0 aliphatic heterocycles. The SMILES string of the molecule is O=C(O)Cc1nc(COc2ccc(F)c(F)c2)no1. The van der Waals surface area contributed by atoms with Crippen molar-refractivity contribution in [3.05, 3.63) is 41.5 Å². The first kappa shape index (κ1) is 12.9. The highest BCUT2D eigenvalue weighted by atomic mass is 19.2. The second-order valence-electron chi connectivity index (χ2n) is 3.54. The highest BCUT2D eigenvalue weighted by Gasteiger charge is 2.11. The number of rotatable bonds is 5. The summed E-state index contributed by atoms with van der Waals surface area (Å²) in [6.45, 7) is -0.145. The summed E-state index contributed by atoms with van der Waals surface area (Å²) >= 11 is 0. The summed E-state index contributed by atoms with van der Waals surface area (Å²) in [7, 11) is 0. The van der Waals surface area contributed by atoms with Crippen molar-refractivity contribution < 1.29 is 27.9 Å². The van der Waals surface area contributed by atoms with Crippen molar-refractivity contribution in [2.45, 2.75) is 13.0 Å². The maximum absolute atomic E-state index is 12.9. The summed E-state index contributed by atoms with van der Waals surface area (Å²) < 4.78 is 35.3. The Morgan fingerprint density at radius 1 is 1.37 bits per heavy atom. The van der Waals surface area contributed by atoms with E-state index >= 15 is 0 Å². The number of aliphatic carboxylic acids is 1. The molecule has 0 saturated heterocycles. The number of hydrogen-bond donors (Lipinski definition) is 1. The van der Waals surface area contributed by atoms with E-state index in [0.717, 1.165) is 12.1 Å². The van der Waals surface area contributed by atoms with Crippen molar-refractivity contribution in [2.75, 3.05) is 0 Å². The van der Waals surface area contributed by atoms with Crippen LogP contribution in [0.15, 0.2) is 22.7 Å². The van der Waals surface area contributed by atoms with Gasteiger partial charge in [-0.15, -0.1) is 0 Å². The third-order valence-electron chi connectivity index (χ3n) is 2.07. The summed E-state index contributed by atoms with van der Waals surface area (Å²) in [5.41, 5.74) is 0. The lowest BCUT2D eigenvalue weighted by atomic mass is 10.3. The molecule has 19 heavy (non-hydrogen) atoms. The highest BCUT2D eigenvalue weighted by Crippen LogP contribution is 2.16. The van der Waals surface area contributed by atoms with Crippen LogP contribution in [0.25, 0.3) is 0 Å². The van der Waals surface area contributed by atoms with Crippen LogP contribution in [-0.2, 0) is 17.8 Å². The molecule has 0 aliphatic rings. The van der Waals surface area contributed by atoms with Crippen LogP contribution in [0.5, 0.6) is 5.75 Å². The number of ether oxygens (including phenoxy) is 1. The summed E-state index contributed by atoms with van der Waals surface area (Å²) in [5.74, 6) is -2.95. The van der Waals surface area contributed by atoms with Gasteiger partial charge in [-0.3, -0.25) is 4.79 Å². The zero-order chi connectivity index (χ0) is 13.8. The molecule has 0 amide bonds. The van der Waals surface area contributed by atoms with Gasteiger partial charge in [0, 0.05) is 6.07 Å². The van der Waals surface area contributed by atoms with E-state index in [1.807, 2.05) is 0 Å². The van der Waals surface area contributed by atoms with Crippen molar-refractivity contribution in [1.82, 2.24) is 10.1 Å². The predicted octanol–water partition coefficient (Wildman–Crippen LogP) is 1.55. The van der Waals surface area contributed by atoms with Crippen molar-refractivity contribution in [3.8, 4) is 5.75 Å². The molecule has 1 heterocycles. The van der Waals surface area contributed by atoms with Gasteiger partial charge in [0.1, 0.15) is 12.2 Å². The predicted molar refractivity (Wildman–Crippen MR) is 56.3 cm³/mol. The van der Waals surface area contributed by atoms with E-state index in [0.29, 0.717) is 0 Å². The Labute approximate surface area is 105 Å². The molecule has 1 N–H and O–H groups in total. The zero-order valence-corrected chi connectivity index (χ0v) is 9.47. The number of aromatic nitrogens is 2. The molecular weight excluding hydrogens is 262 g/mol. The minimum Gasteiger partial charge on any atom is -0.485 e. The largest absolute Gasteiger partial charge is 0.485 e. The third kappa shape index (κ3) is 3.47. The Morgan fingerprint density at radius 2 is 2.16 bits per heavy atom. The van der Waals surface area contributed by atoms with E-state index in [1.54, 1.807) is 0 Å². The van der Waals surface area contributed by atoms with Crippen LogP contribution in [0.3, 0.4) is 0 Å². The molecule has 0 spiro atoms. The number of nitrogens with zero attached hydrogens (tertiary/aromatic N) is 2. The molecule has 0 aliphatic carbocycles. The van der Waals surface area contributed by atoms with E-state index in [4.69, 9.17) is 9.84 Å². The average Bonchev–Trinajstić information content (AvgIpc) is 2.77. The molecule has 2 aromatic rings. The molecule has 0 atom stereocenters. The molecular formula is C11H8F2N2O4. The summed E-state index contributed by atoms with van der Waals surface area (Å²) in [5, 5.41) is 12.0. The topological polar surface area (TPSA) is 85.5 Å². The molecule has 6 nitrogen and oxygen atoms in total. The lowest BCUT2D eigenvalue weighted by Crippen LogP contribution is -2.01. The highest BCUT2D eigenvalue weighted by molar-refractivity contribution is 5.68. The van der Waals surface area contributed by atoms with Gasteiger partial charge in [-0.25, -0.2) is 8.78 Å². The number of carbonyl (C=O) groups is 1. The lowest BCUT2D eigenvalue weighted by Gasteiger charge is -2.02. The molecule has 1 aromatic carbocycles. The van der Waals surface area contributed by atoms with Crippen LogP contribution in [0.4, 0.5) is 8.78 Å². The second-order valence-corrected chi connectivity index (χ2v) is 3.54. The Balaban J connectivity index is 1.96. The second kappa shape index (κ2) is 5.42.